The summed E-state index contributed by atoms with van der Waals surface area (Å²) in [6, 6.07) is 13.1. The highest BCUT2D eigenvalue weighted by atomic mass is 32.2. The molecule has 0 aliphatic carbocycles. The van der Waals surface area contributed by atoms with E-state index in [9.17, 15) is 17.6 Å². The SMILES string of the molecule is C[C@H](C(=O)N[C@H](C)c1ccccc1)N(c1ccc(F)cc1)S(C)(=O)=O. The molecule has 0 radical (unpaired) electrons. The molecule has 0 aliphatic heterocycles. The first-order chi connectivity index (χ1) is 11.7. The lowest BCUT2D eigenvalue weighted by atomic mass is 10.1. The minimum absolute atomic E-state index is 0.235. The van der Waals surface area contributed by atoms with Gasteiger partial charge in [-0.1, -0.05) is 30.3 Å². The molecule has 0 aliphatic rings. The third-order valence-corrected chi connectivity index (χ3v) is 5.07. The minimum Gasteiger partial charge on any atom is -0.348 e. The Morgan fingerprint density at radius 2 is 1.60 bits per heavy atom. The van der Waals surface area contributed by atoms with Gasteiger partial charge in [0.15, 0.2) is 0 Å². The first-order valence-corrected chi connectivity index (χ1v) is 9.65. The van der Waals surface area contributed by atoms with E-state index in [1.807, 2.05) is 37.3 Å². The van der Waals surface area contributed by atoms with Crippen LogP contribution in [0.2, 0.25) is 0 Å². The first kappa shape index (κ1) is 18.9. The van der Waals surface area contributed by atoms with Crippen LogP contribution in [-0.4, -0.2) is 26.6 Å². The average molecular weight is 364 g/mol. The Bertz CT molecular complexity index is 823. The molecule has 2 rings (SSSR count). The lowest BCUT2D eigenvalue weighted by molar-refractivity contribution is -0.122. The molecule has 5 nitrogen and oxygen atoms in total. The van der Waals surface area contributed by atoms with Gasteiger partial charge < -0.3 is 5.32 Å². The number of rotatable bonds is 6. The fourth-order valence-corrected chi connectivity index (χ4v) is 3.73. The van der Waals surface area contributed by atoms with Gasteiger partial charge in [0.2, 0.25) is 15.9 Å². The predicted octanol–water partition coefficient (Wildman–Crippen LogP) is 2.86. The Balaban J connectivity index is 2.23. The molecule has 0 unspecified atom stereocenters. The van der Waals surface area contributed by atoms with E-state index < -0.39 is 27.8 Å². The molecule has 0 aromatic heterocycles. The van der Waals surface area contributed by atoms with Crippen molar-refractivity contribution >= 4 is 21.6 Å². The molecular formula is C18H21FN2O3S. The Kier molecular flexibility index (Phi) is 5.79. The largest absolute Gasteiger partial charge is 0.348 e. The number of carbonyl (C=O) groups excluding carboxylic acids is 1. The number of nitrogens with zero attached hydrogens (tertiary/aromatic N) is 1. The van der Waals surface area contributed by atoms with Crippen molar-refractivity contribution in [1.82, 2.24) is 5.32 Å². The van der Waals surface area contributed by atoms with Crippen LogP contribution in [0.5, 0.6) is 0 Å². The van der Waals surface area contributed by atoms with Crippen LogP contribution in [0, 0.1) is 5.82 Å². The molecule has 0 spiro atoms. The fraction of sp³-hybridized carbons (Fsp3) is 0.278. The summed E-state index contributed by atoms with van der Waals surface area (Å²) in [6.45, 7) is 3.32. The van der Waals surface area contributed by atoms with Gasteiger partial charge >= 0.3 is 0 Å². The molecule has 2 aromatic carbocycles. The van der Waals surface area contributed by atoms with Gasteiger partial charge in [-0.15, -0.1) is 0 Å². The zero-order valence-corrected chi connectivity index (χ0v) is 15.1. The van der Waals surface area contributed by atoms with E-state index in [1.54, 1.807) is 0 Å². The number of nitrogens with one attached hydrogen (secondary N) is 1. The standard InChI is InChI=1S/C18H21FN2O3S/c1-13(15-7-5-4-6-8-15)20-18(22)14(2)21(25(3,23)24)17-11-9-16(19)10-12-17/h4-14H,1-3H3,(H,20,22)/t13-,14-/m1/s1. The van der Waals surface area contributed by atoms with Gasteiger partial charge in [0.25, 0.3) is 0 Å². The Hall–Kier alpha value is -2.41. The summed E-state index contributed by atoms with van der Waals surface area (Å²) in [5.74, 6) is -0.918. The second kappa shape index (κ2) is 7.65. The van der Waals surface area contributed by atoms with Crippen molar-refractivity contribution in [1.29, 1.82) is 0 Å². The van der Waals surface area contributed by atoms with Gasteiger partial charge in [0.05, 0.1) is 18.0 Å². The normalized spacial score (nSPS) is 13.8. The molecule has 0 saturated carbocycles. The van der Waals surface area contributed by atoms with E-state index in [2.05, 4.69) is 5.32 Å². The number of benzene rings is 2. The number of carbonyl (C=O) groups is 1. The molecule has 2 atom stereocenters. The van der Waals surface area contributed by atoms with Crippen molar-refractivity contribution in [3.8, 4) is 0 Å². The summed E-state index contributed by atoms with van der Waals surface area (Å²) in [5, 5.41) is 2.81. The number of halogens is 1. The van der Waals surface area contributed by atoms with E-state index >= 15 is 0 Å². The number of sulfonamides is 1. The van der Waals surface area contributed by atoms with Crippen LogP contribution in [-0.2, 0) is 14.8 Å². The molecule has 1 amide bonds. The predicted molar refractivity (Wildman–Crippen MR) is 96.2 cm³/mol. The maximum Gasteiger partial charge on any atom is 0.244 e. The highest BCUT2D eigenvalue weighted by Crippen LogP contribution is 2.22. The van der Waals surface area contributed by atoms with Crippen molar-refractivity contribution in [3.63, 3.8) is 0 Å². The van der Waals surface area contributed by atoms with Crippen molar-refractivity contribution in [3.05, 3.63) is 66.0 Å². The fourth-order valence-electron chi connectivity index (χ4n) is 2.56. The van der Waals surface area contributed by atoms with E-state index in [0.717, 1.165) is 28.3 Å². The quantitative estimate of drug-likeness (QED) is 0.857. The van der Waals surface area contributed by atoms with Crippen LogP contribution < -0.4 is 9.62 Å². The molecule has 0 saturated heterocycles. The van der Waals surface area contributed by atoms with Gasteiger partial charge in [-0.25, -0.2) is 12.8 Å². The molecule has 0 heterocycles. The molecule has 2 aromatic rings. The maximum absolute atomic E-state index is 13.1. The van der Waals surface area contributed by atoms with E-state index in [-0.39, 0.29) is 11.7 Å². The maximum atomic E-state index is 13.1. The Labute approximate surface area is 147 Å². The summed E-state index contributed by atoms with van der Waals surface area (Å²) in [5.41, 5.74) is 1.15. The summed E-state index contributed by atoms with van der Waals surface area (Å²) in [6.07, 6.45) is 1.01. The summed E-state index contributed by atoms with van der Waals surface area (Å²) < 4.78 is 38.4. The van der Waals surface area contributed by atoms with Crippen LogP contribution in [0.4, 0.5) is 10.1 Å². The van der Waals surface area contributed by atoms with Crippen molar-refractivity contribution < 1.29 is 17.6 Å². The topological polar surface area (TPSA) is 66.5 Å². The van der Waals surface area contributed by atoms with Gasteiger partial charge in [0.1, 0.15) is 11.9 Å². The van der Waals surface area contributed by atoms with Gasteiger partial charge in [0, 0.05) is 0 Å². The lowest BCUT2D eigenvalue weighted by Gasteiger charge is -2.29. The molecule has 1 N–H and O–H groups in total. The van der Waals surface area contributed by atoms with Crippen LogP contribution in [0.25, 0.3) is 0 Å². The summed E-state index contributed by atoms with van der Waals surface area (Å²) in [4.78, 5) is 12.6. The minimum atomic E-state index is -3.73. The monoisotopic (exact) mass is 364 g/mol. The molecule has 0 fully saturated rings. The number of amides is 1. The van der Waals surface area contributed by atoms with Gasteiger partial charge in [-0.3, -0.25) is 9.10 Å². The number of hydrogen-bond donors (Lipinski definition) is 1. The first-order valence-electron chi connectivity index (χ1n) is 7.80. The van der Waals surface area contributed by atoms with E-state index in [0.29, 0.717) is 0 Å². The third kappa shape index (κ3) is 4.79. The second-order valence-corrected chi connectivity index (χ2v) is 7.71. The zero-order valence-electron chi connectivity index (χ0n) is 14.3. The van der Waals surface area contributed by atoms with Crippen LogP contribution in [0.1, 0.15) is 25.5 Å². The molecule has 134 valence electrons. The third-order valence-electron chi connectivity index (χ3n) is 3.83. The van der Waals surface area contributed by atoms with Crippen LogP contribution >= 0.6 is 0 Å². The lowest BCUT2D eigenvalue weighted by Crippen LogP contribution is -2.48. The van der Waals surface area contributed by atoms with Crippen LogP contribution in [0.3, 0.4) is 0 Å². The smallest absolute Gasteiger partial charge is 0.244 e. The summed E-state index contributed by atoms with van der Waals surface area (Å²) >= 11 is 0. The highest BCUT2D eigenvalue weighted by molar-refractivity contribution is 7.92. The summed E-state index contributed by atoms with van der Waals surface area (Å²) in [7, 11) is -3.73. The molecular weight excluding hydrogens is 343 g/mol. The van der Waals surface area contributed by atoms with Crippen molar-refractivity contribution in [2.24, 2.45) is 0 Å². The number of hydrogen-bond acceptors (Lipinski definition) is 3. The van der Waals surface area contributed by atoms with E-state index in [4.69, 9.17) is 0 Å². The number of anilines is 1. The van der Waals surface area contributed by atoms with Gasteiger partial charge in [-0.05, 0) is 43.7 Å². The van der Waals surface area contributed by atoms with E-state index in [1.165, 1.54) is 19.1 Å². The Morgan fingerprint density at radius 3 is 2.12 bits per heavy atom. The van der Waals surface area contributed by atoms with Gasteiger partial charge in [-0.2, -0.15) is 0 Å². The zero-order chi connectivity index (χ0) is 18.6. The van der Waals surface area contributed by atoms with Crippen LogP contribution in [0.15, 0.2) is 54.6 Å². The molecule has 25 heavy (non-hydrogen) atoms. The van der Waals surface area contributed by atoms with Crippen molar-refractivity contribution in [2.45, 2.75) is 25.9 Å². The Morgan fingerprint density at radius 1 is 1.04 bits per heavy atom. The average Bonchev–Trinajstić information content (AvgIpc) is 2.56. The van der Waals surface area contributed by atoms with Crippen molar-refractivity contribution in [2.75, 3.05) is 10.6 Å². The highest BCUT2D eigenvalue weighted by Gasteiger charge is 2.29. The molecule has 0 bridgehead atoms. The second-order valence-electron chi connectivity index (χ2n) is 5.85. The molecule has 7 heteroatoms.